The van der Waals surface area contributed by atoms with Crippen LogP contribution in [0.15, 0.2) is 23.6 Å². The molecule has 3 rings (SSSR count). The van der Waals surface area contributed by atoms with E-state index in [9.17, 15) is 0 Å². The molecule has 3 heterocycles. The highest BCUT2D eigenvalue weighted by atomic mass is 16.6. The third kappa shape index (κ3) is 1.99. The Morgan fingerprint density at radius 1 is 1.44 bits per heavy atom. The number of rotatable bonds is 4. The van der Waals surface area contributed by atoms with Crippen molar-refractivity contribution in [2.24, 2.45) is 5.16 Å². The Hall–Kier alpha value is -2.18. The molecule has 1 aliphatic rings. The lowest BCUT2D eigenvalue weighted by Gasteiger charge is -1.99. The van der Waals surface area contributed by atoms with Crippen LogP contribution in [-0.4, -0.2) is 37.1 Å². The minimum atomic E-state index is 0.632. The van der Waals surface area contributed by atoms with Gasteiger partial charge in [0.1, 0.15) is 12.3 Å². The summed E-state index contributed by atoms with van der Waals surface area (Å²) in [6, 6.07) is 1.94. The monoisotopic (exact) mass is 246 g/mol. The van der Waals surface area contributed by atoms with Crippen molar-refractivity contribution in [2.45, 2.75) is 26.4 Å². The van der Waals surface area contributed by atoms with Crippen LogP contribution >= 0.6 is 0 Å². The molecule has 0 bridgehead atoms. The normalized spacial score (nSPS) is 14.6. The Balaban J connectivity index is 1.80. The van der Waals surface area contributed by atoms with Gasteiger partial charge in [-0.2, -0.15) is 5.10 Å². The first-order valence-corrected chi connectivity index (χ1v) is 5.97. The molecule has 0 N–H and O–H groups in total. The third-order valence-electron chi connectivity index (χ3n) is 2.84. The maximum absolute atomic E-state index is 4.96. The summed E-state index contributed by atoms with van der Waals surface area (Å²) in [5.74, 6) is 0. The second-order valence-electron chi connectivity index (χ2n) is 4.07. The number of hydrogen-bond donors (Lipinski definition) is 0. The van der Waals surface area contributed by atoms with E-state index in [4.69, 9.17) is 4.84 Å². The fourth-order valence-electron chi connectivity index (χ4n) is 1.94. The molecule has 0 unspecified atom stereocenters. The maximum atomic E-state index is 4.96. The zero-order valence-corrected chi connectivity index (χ0v) is 10.2. The van der Waals surface area contributed by atoms with E-state index in [0.717, 1.165) is 30.1 Å². The zero-order chi connectivity index (χ0) is 12.4. The van der Waals surface area contributed by atoms with Crippen molar-refractivity contribution >= 4 is 5.71 Å². The summed E-state index contributed by atoms with van der Waals surface area (Å²) in [5.41, 5.74) is 2.80. The quantitative estimate of drug-likeness (QED) is 0.805. The van der Waals surface area contributed by atoms with Crippen molar-refractivity contribution < 1.29 is 4.84 Å². The summed E-state index contributed by atoms with van der Waals surface area (Å²) < 4.78 is 3.67. The molecule has 94 valence electrons. The molecule has 0 saturated carbocycles. The number of aromatic nitrogens is 5. The molecule has 7 nitrogen and oxygen atoms in total. The van der Waals surface area contributed by atoms with Gasteiger partial charge in [-0.15, -0.1) is 5.10 Å². The molecule has 2 aromatic rings. The van der Waals surface area contributed by atoms with Gasteiger partial charge in [-0.3, -0.25) is 4.68 Å². The molecule has 0 amide bonds. The zero-order valence-electron chi connectivity index (χ0n) is 10.2. The molecule has 0 spiro atoms. The molecular weight excluding hydrogens is 232 g/mol. The SMILES string of the molecule is CCn1nccc1-c1cn(CC2=NOCC2)nn1. The first kappa shape index (κ1) is 10.9. The van der Waals surface area contributed by atoms with E-state index in [0.29, 0.717) is 13.2 Å². The Kier molecular flexibility index (Phi) is 2.79. The molecule has 0 aromatic carbocycles. The van der Waals surface area contributed by atoms with Gasteiger partial charge in [-0.1, -0.05) is 10.4 Å². The molecule has 7 heteroatoms. The second kappa shape index (κ2) is 4.59. The smallest absolute Gasteiger partial charge is 0.131 e. The van der Waals surface area contributed by atoms with Crippen molar-refractivity contribution in [1.29, 1.82) is 0 Å². The number of aryl methyl sites for hydroxylation is 1. The number of oxime groups is 1. The summed E-state index contributed by atoms with van der Waals surface area (Å²) in [4.78, 5) is 4.96. The molecular formula is C11H14N6O. The molecule has 0 fully saturated rings. The van der Waals surface area contributed by atoms with Crippen LogP contribution in [0.2, 0.25) is 0 Å². The van der Waals surface area contributed by atoms with E-state index in [1.54, 1.807) is 10.9 Å². The standard InChI is InChI=1S/C11H14N6O/c1-2-17-11(3-5-12-17)10-8-16(15-13-10)7-9-4-6-18-14-9/h3,5,8H,2,4,6-7H2,1H3. The lowest BCUT2D eigenvalue weighted by molar-refractivity contribution is 0.173. The Labute approximate surface area is 104 Å². The Morgan fingerprint density at radius 3 is 3.17 bits per heavy atom. The van der Waals surface area contributed by atoms with Gasteiger partial charge in [0, 0.05) is 19.2 Å². The predicted octanol–water partition coefficient (Wildman–Crippen LogP) is 0.938. The van der Waals surface area contributed by atoms with Gasteiger partial charge in [0.05, 0.1) is 24.1 Å². The number of nitrogens with zero attached hydrogens (tertiary/aromatic N) is 6. The summed E-state index contributed by atoms with van der Waals surface area (Å²) in [6.45, 7) is 4.16. The van der Waals surface area contributed by atoms with Gasteiger partial charge in [0.25, 0.3) is 0 Å². The third-order valence-corrected chi connectivity index (χ3v) is 2.84. The molecule has 0 radical (unpaired) electrons. The van der Waals surface area contributed by atoms with Crippen LogP contribution in [0.4, 0.5) is 0 Å². The first-order chi connectivity index (χ1) is 8.86. The van der Waals surface area contributed by atoms with Crippen LogP contribution in [0.1, 0.15) is 13.3 Å². The lowest BCUT2D eigenvalue weighted by Crippen LogP contribution is -2.08. The Bertz CT molecular complexity index is 570. The van der Waals surface area contributed by atoms with Crippen molar-refractivity contribution in [2.75, 3.05) is 6.61 Å². The van der Waals surface area contributed by atoms with E-state index >= 15 is 0 Å². The molecule has 1 aliphatic heterocycles. The molecule has 0 saturated heterocycles. The van der Waals surface area contributed by atoms with E-state index in [1.807, 2.05) is 23.9 Å². The average molecular weight is 246 g/mol. The van der Waals surface area contributed by atoms with Crippen LogP contribution in [0, 0.1) is 0 Å². The molecule has 2 aromatic heterocycles. The highest BCUT2D eigenvalue weighted by Crippen LogP contribution is 2.15. The average Bonchev–Trinajstić information content (AvgIpc) is 3.09. The van der Waals surface area contributed by atoms with Crippen LogP contribution in [0.3, 0.4) is 0 Å². The first-order valence-electron chi connectivity index (χ1n) is 5.97. The van der Waals surface area contributed by atoms with Crippen LogP contribution in [0.5, 0.6) is 0 Å². The topological polar surface area (TPSA) is 70.1 Å². The predicted molar refractivity (Wildman–Crippen MR) is 64.9 cm³/mol. The van der Waals surface area contributed by atoms with Gasteiger partial charge in [0.15, 0.2) is 0 Å². The van der Waals surface area contributed by atoms with E-state index < -0.39 is 0 Å². The fraction of sp³-hybridized carbons (Fsp3) is 0.455. The van der Waals surface area contributed by atoms with Gasteiger partial charge in [0.2, 0.25) is 0 Å². The summed E-state index contributed by atoms with van der Waals surface area (Å²) in [5, 5.41) is 16.4. The Morgan fingerprint density at radius 2 is 2.39 bits per heavy atom. The van der Waals surface area contributed by atoms with Crippen molar-refractivity contribution in [1.82, 2.24) is 24.8 Å². The van der Waals surface area contributed by atoms with Gasteiger partial charge < -0.3 is 4.84 Å². The second-order valence-corrected chi connectivity index (χ2v) is 4.07. The largest absolute Gasteiger partial charge is 0.395 e. The molecule has 0 atom stereocenters. The fourth-order valence-corrected chi connectivity index (χ4v) is 1.94. The van der Waals surface area contributed by atoms with E-state index in [-0.39, 0.29) is 0 Å². The highest BCUT2D eigenvalue weighted by Gasteiger charge is 2.12. The minimum Gasteiger partial charge on any atom is -0.395 e. The lowest BCUT2D eigenvalue weighted by atomic mass is 10.3. The minimum absolute atomic E-state index is 0.632. The summed E-state index contributed by atoms with van der Waals surface area (Å²) in [6.07, 6.45) is 4.54. The molecule has 18 heavy (non-hydrogen) atoms. The highest BCUT2D eigenvalue weighted by molar-refractivity contribution is 5.84. The van der Waals surface area contributed by atoms with Crippen molar-refractivity contribution in [3.05, 3.63) is 18.5 Å². The van der Waals surface area contributed by atoms with Gasteiger partial charge in [-0.05, 0) is 13.0 Å². The summed E-state index contributed by atoms with van der Waals surface area (Å²) >= 11 is 0. The van der Waals surface area contributed by atoms with Gasteiger partial charge in [-0.25, -0.2) is 4.68 Å². The van der Waals surface area contributed by atoms with E-state index in [2.05, 4.69) is 20.6 Å². The maximum Gasteiger partial charge on any atom is 0.131 e. The summed E-state index contributed by atoms with van der Waals surface area (Å²) in [7, 11) is 0. The van der Waals surface area contributed by atoms with Gasteiger partial charge >= 0.3 is 0 Å². The van der Waals surface area contributed by atoms with E-state index in [1.165, 1.54) is 0 Å². The molecule has 0 aliphatic carbocycles. The van der Waals surface area contributed by atoms with Crippen molar-refractivity contribution in [3.8, 4) is 11.4 Å². The van der Waals surface area contributed by atoms with Crippen LogP contribution < -0.4 is 0 Å². The van der Waals surface area contributed by atoms with Crippen molar-refractivity contribution in [3.63, 3.8) is 0 Å². The van der Waals surface area contributed by atoms with Crippen LogP contribution in [0.25, 0.3) is 11.4 Å². The number of hydrogen-bond acceptors (Lipinski definition) is 5. The van der Waals surface area contributed by atoms with Crippen LogP contribution in [-0.2, 0) is 17.9 Å².